The van der Waals surface area contributed by atoms with Crippen LogP contribution in [0.1, 0.15) is 33.1 Å². The summed E-state index contributed by atoms with van der Waals surface area (Å²) in [4.78, 5) is 15.0. The number of carbonyl (C=O) groups excluding carboxylic acids is 1. The Kier molecular flexibility index (Phi) is 6.73. The highest BCUT2D eigenvalue weighted by Gasteiger charge is 2.32. The maximum atomic E-state index is 13.0. The van der Waals surface area contributed by atoms with Crippen molar-refractivity contribution in [1.82, 2.24) is 14.5 Å². The number of piperidine rings is 1. The van der Waals surface area contributed by atoms with E-state index in [2.05, 4.69) is 24.1 Å². The second-order valence-electron chi connectivity index (χ2n) is 8.12. The first kappa shape index (κ1) is 21.2. The molecular formula is C20H30FN3O3S. The van der Waals surface area contributed by atoms with Gasteiger partial charge in [0.05, 0.1) is 4.90 Å². The van der Waals surface area contributed by atoms with E-state index in [0.717, 1.165) is 31.6 Å². The molecular weight excluding hydrogens is 381 g/mol. The van der Waals surface area contributed by atoms with Crippen molar-refractivity contribution in [3.63, 3.8) is 0 Å². The van der Waals surface area contributed by atoms with Crippen molar-refractivity contribution in [2.75, 3.05) is 32.7 Å². The van der Waals surface area contributed by atoms with Gasteiger partial charge in [0.1, 0.15) is 5.82 Å². The summed E-state index contributed by atoms with van der Waals surface area (Å²) in [6, 6.07) is 5.40. The lowest BCUT2D eigenvalue weighted by molar-refractivity contribution is -0.126. The fraction of sp³-hybridized carbons (Fsp3) is 0.650. The summed E-state index contributed by atoms with van der Waals surface area (Å²) in [5, 5.41) is 3.07. The summed E-state index contributed by atoms with van der Waals surface area (Å²) in [5.41, 5.74) is 0. The molecule has 1 N–H and O–H groups in total. The van der Waals surface area contributed by atoms with Crippen molar-refractivity contribution in [3.8, 4) is 0 Å². The first-order valence-electron chi connectivity index (χ1n) is 10.0. The molecule has 1 atom stereocenters. The highest BCUT2D eigenvalue weighted by atomic mass is 32.2. The Hall–Kier alpha value is -1.51. The summed E-state index contributed by atoms with van der Waals surface area (Å²) >= 11 is 0. The van der Waals surface area contributed by atoms with E-state index >= 15 is 0 Å². The summed E-state index contributed by atoms with van der Waals surface area (Å²) < 4.78 is 39.8. The lowest BCUT2D eigenvalue weighted by Gasteiger charge is -2.30. The molecule has 2 aliphatic rings. The molecule has 2 fully saturated rings. The average Bonchev–Trinajstić information content (AvgIpc) is 3.16. The number of nitrogens with zero attached hydrogens (tertiary/aromatic N) is 2. The molecule has 0 aliphatic carbocycles. The van der Waals surface area contributed by atoms with Gasteiger partial charge in [0.25, 0.3) is 0 Å². The average molecular weight is 412 g/mol. The molecule has 8 heteroatoms. The summed E-state index contributed by atoms with van der Waals surface area (Å²) in [5.74, 6) is -0.0949. The number of amides is 1. The highest BCUT2D eigenvalue weighted by Crippen LogP contribution is 2.24. The predicted octanol–water partition coefficient (Wildman–Crippen LogP) is 2.07. The van der Waals surface area contributed by atoms with Crippen LogP contribution in [0.4, 0.5) is 4.39 Å². The van der Waals surface area contributed by atoms with Crippen molar-refractivity contribution >= 4 is 15.9 Å². The number of nitrogens with one attached hydrogen (secondary N) is 1. The van der Waals surface area contributed by atoms with E-state index in [1.807, 2.05) is 0 Å². The largest absolute Gasteiger partial charge is 0.356 e. The molecule has 0 aromatic heterocycles. The fourth-order valence-corrected chi connectivity index (χ4v) is 5.47. The van der Waals surface area contributed by atoms with Crippen LogP contribution in [-0.4, -0.2) is 62.3 Å². The van der Waals surface area contributed by atoms with Crippen molar-refractivity contribution in [1.29, 1.82) is 0 Å². The Morgan fingerprint density at radius 2 is 1.79 bits per heavy atom. The molecule has 156 valence electrons. The van der Waals surface area contributed by atoms with Crippen LogP contribution >= 0.6 is 0 Å². The van der Waals surface area contributed by atoms with Gasteiger partial charge in [0, 0.05) is 38.1 Å². The molecule has 2 heterocycles. The molecule has 3 rings (SSSR count). The smallest absolute Gasteiger partial charge is 0.243 e. The molecule has 2 aliphatic heterocycles. The van der Waals surface area contributed by atoms with Gasteiger partial charge in [-0.05, 0) is 69.8 Å². The van der Waals surface area contributed by atoms with Gasteiger partial charge >= 0.3 is 0 Å². The Morgan fingerprint density at radius 3 is 2.36 bits per heavy atom. The summed E-state index contributed by atoms with van der Waals surface area (Å²) in [6.07, 6.45) is 2.12. The third-order valence-electron chi connectivity index (χ3n) is 5.89. The Balaban J connectivity index is 1.47. The number of hydrogen-bond donors (Lipinski definition) is 1. The molecule has 1 aromatic rings. The number of carbonyl (C=O) groups is 1. The number of rotatable bonds is 6. The lowest BCUT2D eigenvalue weighted by Crippen LogP contribution is -2.44. The highest BCUT2D eigenvalue weighted by molar-refractivity contribution is 7.89. The molecule has 1 amide bonds. The molecule has 0 spiro atoms. The monoisotopic (exact) mass is 411 g/mol. The Bertz CT molecular complexity index is 774. The van der Waals surface area contributed by atoms with Crippen LogP contribution in [0, 0.1) is 17.7 Å². The number of halogens is 1. The molecule has 1 aromatic carbocycles. The summed E-state index contributed by atoms with van der Waals surface area (Å²) in [6.45, 7) is 7.79. The second-order valence-corrected chi connectivity index (χ2v) is 10.1. The van der Waals surface area contributed by atoms with Crippen LogP contribution < -0.4 is 5.32 Å². The standard InChI is InChI=1S/C20H30FN3O3S/c1-15(2)23-10-7-16(14-23)13-22-20(25)17-8-11-24(12-9-17)28(26,27)19-5-3-18(21)4-6-19/h3-6,15-17H,7-14H2,1-2H3,(H,22,25). The first-order chi connectivity index (χ1) is 13.3. The van der Waals surface area contributed by atoms with Crippen LogP contribution in [-0.2, 0) is 14.8 Å². The molecule has 6 nitrogen and oxygen atoms in total. The first-order valence-corrected chi connectivity index (χ1v) is 11.5. The van der Waals surface area contributed by atoms with Gasteiger partial charge in [-0.1, -0.05) is 0 Å². The molecule has 0 bridgehead atoms. The van der Waals surface area contributed by atoms with E-state index in [-0.39, 0.29) is 16.7 Å². The van der Waals surface area contributed by atoms with E-state index in [0.29, 0.717) is 44.4 Å². The maximum absolute atomic E-state index is 13.0. The second kappa shape index (κ2) is 8.88. The molecule has 0 radical (unpaired) electrons. The molecule has 2 saturated heterocycles. The quantitative estimate of drug-likeness (QED) is 0.778. The molecule has 0 saturated carbocycles. The van der Waals surface area contributed by atoms with Gasteiger partial charge in [-0.3, -0.25) is 4.79 Å². The zero-order chi connectivity index (χ0) is 20.3. The van der Waals surface area contributed by atoms with Crippen molar-refractivity contribution < 1.29 is 17.6 Å². The van der Waals surface area contributed by atoms with Gasteiger partial charge in [-0.2, -0.15) is 4.31 Å². The van der Waals surface area contributed by atoms with E-state index in [9.17, 15) is 17.6 Å². The lowest BCUT2D eigenvalue weighted by atomic mass is 9.97. The van der Waals surface area contributed by atoms with Crippen LogP contribution in [0.15, 0.2) is 29.2 Å². The van der Waals surface area contributed by atoms with Gasteiger partial charge in [-0.15, -0.1) is 0 Å². The minimum atomic E-state index is -3.64. The van der Waals surface area contributed by atoms with Gasteiger partial charge < -0.3 is 10.2 Å². The minimum absolute atomic E-state index is 0.0295. The van der Waals surface area contributed by atoms with Crippen LogP contribution in [0.5, 0.6) is 0 Å². The van der Waals surface area contributed by atoms with E-state index in [1.54, 1.807) is 0 Å². The van der Waals surface area contributed by atoms with E-state index < -0.39 is 15.8 Å². The fourth-order valence-electron chi connectivity index (χ4n) is 4.00. The zero-order valence-electron chi connectivity index (χ0n) is 16.6. The number of hydrogen-bond acceptors (Lipinski definition) is 4. The Morgan fingerprint density at radius 1 is 1.14 bits per heavy atom. The van der Waals surface area contributed by atoms with Crippen molar-refractivity contribution in [3.05, 3.63) is 30.1 Å². The third-order valence-corrected chi connectivity index (χ3v) is 7.80. The van der Waals surface area contributed by atoms with Gasteiger partial charge in [0.15, 0.2) is 0 Å². The predicted molar refractivity (Wildman–Crippen MR) is 106 cm³/mol. The normalized spacial score (nSPS) is 22.6. The van der Waals surface area contributed by atoms with E-state index in [1.165, 1.54) is 16.4 Å². The number of sulfonamides is 1. The minimum Gasteiger partial charge on any atom is -0.356 e. The van der Waals surface area contributed by atoms with Crippen LogP contribution in [0.25, 0.3) is 0 Å². The Labute approximate surface area is 167 Å². The molecule has 1 unspecified atom stereocenters. The third kappa shape index (κ3) is 4.90. The molecule has 28 heavy (non-hydrogen) atoms. The van der Waals surface area contributed by atoms with Crippen molar-refractivity contribution in [2.45, 2.75) is 44.0 Å². The summed E-state index contributed by atoms with van der Waals surface area (Å²) in [7, 11) is -3.64. The van der Waals surface area contributed by atoms with E-state index in [4.69, 9.17) is 0 Å². The van der Waals surface area contributed by atoms with Crippen molar-refractivity contribution in [2.24, 2.45) is 11.8 Å². The van der Waals surface area contributed by atoms with Gasteiger partial charge in [0.2, 0.25) is 15.9 Å². The van der Waals surface area contributed by atoms with Crippen LogP contribution in [0.3, 0.4) is 0 Å². The number of likely N-dealkylation sites (tertiary alicyclic amines) is 1. The van der Waals surface area contributed by atoms with Gasteiger partial charge in [-0.25, -0.2) is 12.8 Å². The maximum Gasteiger partial charge on any atom is 0.243 e. The zero-order valence-corrected chi connectivity index (χ0v) is 17.4. The topological polar surface area (TPSA) is 69.7 Å². The number of benzene rings is 1. The SMILES string of the molecule is CC(C)N1CCC(CNC(=O)C2CCN(S(=O)(=O)c3ccc(F)cc3)CC2)C1. The van der Waals surface area contributed by atoms with Crippen LogP contribution in [0.2, 0.25) is 0 Å².